The largest absolute Gasteiger partial charge is 0.478 e. The van der Waals surface area contributed by atoms with Crippen LogP contribution in [0, 0.1) is 0 Å². The average molecular weight is 278 g/mol. The number of rotatable bonds is 6. The fourth-order valence-electron chi connectivity index (χ4n) is 0.809. The number of hydrogen-bond donors (Lipinski definition) is 3. The summed E-state index contributed by atoms with van der Waals surface area (Å²) in [6.07, 6.45) is 1.24. The Labute approximate surface area is 104 Å². The fraction of sp³-hybridized carbons (Fsp3) is 0.444. The van der Waals surface area contributed by atoms with E-state index in [2.05, 4.69) is 5.32 Å². The van der Waals surface area contributed by atoms with Crippen molar-refractivity contribution in [3.63, 3.8) is 0 Å². The number of carboxylic acid groups (broad SMARTS) is 1. The molecule has 0 saturated heterocycles. The van der Waals surface area contributed by atoms with Crippen LogP contribution in [-0.2, 0) is 19.4 Å². The Hall–Kier alpha value is -1.90. The van der Waals surface area contributed by atoms with Crippen molar-refractivity contribution in [1.29, 1.82) is 0 Å². The zero-order valence-electron chi connectivity index (χ0n) is 9.67. The second-order valence-electron chi connectivity index (χ2n) is 3.15. The van der Waals surface area contributed by atoms with E-state index in [-0.39, 0.29) is 18.1 Å². The third kappa shape index (κ3) is 8.28. The quantitative estimate of drug-likeness (QED) is 0.528. The molecule has 0 fully saturated rings. The number of aliphatic carboxylic acids is 1. The van der Waals surface area contributed by atoms with Crippen molar-refractivity contribution in [1.82, 2.24) is 10.6 Å². The van der Waals surface area contributed by atoms with E-state index >= 15 is 0 Å². The van der Waals surface area contributed by atoms with Crippen LogP contribution in [0.25, 0.3) is 0 Å². The Morgan fingerprint density at radius 2 is 1.83 bits per heavy atom. The molecule has 0 bridgehead atoms. The van der Waals surface area contributed by atoms with Crippen molar-refractivity contribution < 1.29 is 27.9 Å². The highest BCUT2D eigenvalue weighted by Gasteiger charge is 2.09. The zero-order chi connectivity index (χ0) is 14.2. The highest BCUT2D eigenvalue weighted by molar-refractivity contribution is 7.91. The minimum atomic E-state index is -3.18. The van der Waals surface area contributed by atoms with Gasteiger partial charge in [0.1, 0.15) is 0 Å². The molecule has 0 heterocycles. The van der Waals surface area contributed by atoms with Gasteiger partial charge in [0.2, 0.25) is 0 Å². The van der Waals surface area contributed by atoms with Crippen molar-refractivity contribution >= 4 is 27.7 Å². The first-order chi connectivity index (χ1) is 8.26. The Kier molecular flexibility index (Phi) is 6.65. The molecule has 0 atom stereocenters. The SMILES string of the molecule is CCS(=O)(=O)CCNC(=O)NC(=O)/C=C/C(=O)O. The Balaban J connectivity index is 3.99. The van der Waals surface area contributed by atoms with E-state index in [4.69, 9.17) is 5.11 Å². The highest BCUT2D eigenvalue weighted by atomic mass is 32.2. The van der Waals surface area contributed by atoms with Gasteiger partial charge in [0.15, 0.2) is 9.84 Å². The molecule has 0 aliphatic rings. The molecular weight excluding hydrogens is 264 g/mol. The van der Waals surface area contributed by atoms with Crippen LogP contribution in [0.1, 0.15) is 6.92 Å². The molecule has 0 aromatic carbocycles. The number of amides is 3. The number of carbonyl (C=O) groups is 3. The third-order valence-electron chi connectivity index (χ3n) is 1.75. The molecule has 3 N–H and O–H groups in total. The van der Waals surface area contributed by atoms with Crippen LogP contribution in [0.15, 0.2) is 12.2 Å². The van der Waals surface area contributed by atoms with Crippen molar-refractivity contribution in [2.45, 2.75) is 6.92 Å². The molecular formula is C9H14N2O6S. The number of carbonyl (C=O) groups excluding carboxylic acids is 2. The molecule has 0 aliphatic heterocycles. The summed E-state index contributed by atoms with van der Waals surface area (Å²) in [4.78, 5) is 32.1. The maximum absolute atomic E-state index is 11.1. The maximum atomic E-state index is 11.1. The van der Waals surface area contributed by atoms with Gasteiger partial charge in [-0.05, 0) is 0 Å². The molecule has 9 heteroatoms. The summed E-state index contributed by atoms with van der Waals surface area (Å²) < 4.78 is 22.1. The molecule has 0 unspecified atom stereocenters. The maximum Gasteiger partial charge on any atom is 0.328 e. The Bertz CT molecular complexity index is 454. The molecule has 0 aromatic heterocycles. The highest BCUT2D eigenvalue weighted by Crippen LogP contribution is 1.86. The topological polar surface area (TPSA) is 130 Å². The van der Waals surface area contributed by atoms with Crippen molar-refractivity contribution in [2.75, 3.05) is 18.1 Å². The van der Waals surface area contributed by atoms with Crippen molar-refractivity contribution in [3.8, 4) is 0 Å². The Morgan fingerprint density at radius 1 is 1.22 bits per heavy atom. The van der Waals surface area contributed by atoms with E-state index in [9.17, 15) is 22.8 Å². The van der Waals surface area contributed by atoms with Crippen molar-refractivity contribution in [2.24, 2.45) is 0 Å². The lowest BCUT2D eigenvalue weighted by molar-refractivity contribution is -0.131. The predicted molar refractivity (Wildman–Crippen MR) is 62.6 cm³/mol. The van der Waals surface area contributed by atoms with Crippen LogP contribution in [-0.4, -0.2) is 49.5 Å². The minimum absolute atomic E-state index is 0.0312. The molecule has 0 aliphatic carbocycles. The molecule has 0 rings (SSSR count). The summed E-state index contributed by atoms with van der Waals surface area (Å²) in [5.74, 6) is -2.49. The van der Waals surface area contributed by atoms with E-state index in [1.54, 1.807) is 5.32 Å². The number of urea groups is 1. The zero-order valence-corrected chi connectivity index (χ0v) is 10.5. The molecule has 0 spiro atoms. The van der Waals surface area contributed by atoms with Gasteiger partial charge in [-0.15, -0.1) is 0 Å². The van der Waals surface area contributed by atoms with Gasteiger partial charge in [-0.25, -0.2) is 18.0 Å². The second kappa shape index (κ2) is 7.43. The third-order valence-corrected chi connectivity index (χ3v) is 3.46. The summed E-state index contributed by atoms with van der Waals surface area (Å²) in [5.41, 5.74) is 0. The van der Waals surface area contributed by atoms with Gasteiger partial charge in [0, 0.05) is 24.4 Å². The van der Waals surface area contributed by atoms with Gasteiger partial charge < -0.3 is 10.4 Å². The molecule has 3 amide bonds. The number of nitrogens with one attached hydrogen (secondary N) is 2. The first kappa shape index (κ1) is 16.1. The first-order valence-electron chi connectivity index (χ1n) is 4.97. The summed E-state index contributed by atoms with van der Waals surface area (Å²) in [7, 11) is -3.18. The van der Waals surface area contributed by atoms with E-state index < -0.39 is 27.7 Å². The molecule has 18 heavy (non-hydrogen) atoms. The van der Waals surface area contributed by atoms with Crippen LogP contribution < -0.4 is 10.6 Å². The van der Waals surface area contributed by atoms with Gasteiger partial charge in [-0.1, -0.05) is 6.92 Å². The lowest BCUT2D eigenvalue weighted by Crippen LogP contribution is -2.40. The number of hydrogen-bond acceptors (Lipinski definition) is 5. The lowest BCUT2D eigenvalue weighted by Gasteiger charge is -2.04. The molecule has 8 nitrogen and oxygen atoms in total. The normalized spacial score (nSPS) is 11.2. The molecule has 0 aromatic rings. The van der Waals surface area contributed by atoms with Gasteiger partial charge in [0.05, 0.1) is 5.75 Å². The van der Waals surface area contributed by atoms with Crippen LogP contribution in [0.3, 0.4) is 0 Å². The minimum Gasteiger partial charge on any atom is -0.478 e. The molecule has 0 saturated carbocycles. The van der Waals surface area contributed by atoms with Gasteiger partial charge in [-0.2, -0.15) is 0 Å². The van der Waals surface area contributed by atoms with Crippen LogP contribution >= 0.6 is 0 Å². The summed E-state index contributed by atoms with van der Waals surface area (Å²) in [6.45, 7) is 1.35. The summed E-state index contributed by atoms with van der Waals surface area (Å²) in [6, 6.07) is -0.888. The van der Waals surface area contributed by atoms with Gasteiger partial charge in [0.25, 0.3) is 5.91 Å². The lowest BCUT2D eigenvalue weighted by atomic mass is 10.5. The number of imide groups is 1. The van der Waals surface area contributed by atoms with Gasteiger partial charge >= 0.3 is 12.0 Å². The monoisotopic (exact) mass is 278 g/mol. The van der Waals surface area contributed by atoms with Gasteiger partial charge in [-0.3, -0.25) is 10.1 Å². The van der Waals surface area contributed by atoms with E-state index in [1.807, 2.05) is 0 Å². The Morgan fingerprint density at radius 3 is 2.33 bits per heavy atom. The van der Waals surface area contributed by atoms with Crippen LogP contribution in [0.2, 0.25) is 0 Å². The van der Waals surface area contributed by atoms with E-state index in [0.29, 0.717) is 12.2 Å². The number of sulfone groups is 1. The summed E-state index contributed by atoms with van der Waals surface area (Å²) in [5, 5.41) is 12.2. The predicted octanol–water partition coefficient (Wildman–Crippen LogP) is -1.11. The van der Waals surface area contributed by atoms with E-state index in [0.717, 1.165) is 0 Å². The van der Waals surface area contributed by atoms with Crippen molar-refractivity contribution in [3.05, 3.63) is 12.2 Å². The average Bonchev–Trinajstić information content (AvgIpc) is 2.26. The van der Waals surface area contributed by atoms with Crippen LogP contribution in [0.4, 0.5) is 4.79 Å². The summed E-state index contributed by atoms with van der Waals surface area (Å²) >= 11 is 0. The first-order valence-corrected chi connectivity index (χ1v) is 6.79. The number of carboxylic acids is 1. The molecule has 0 radical (unpaired) electrons. The van der Waals surface area contributed by atoms with Crippen LogP contribution in [0.5, 0.6) is 0 Å². The standard InChI is InChI=1S/C9H14N2O6S/c1-2-18(16,17)6-5-10-9(15)11-7(12)3-4-8(13)14/h3-4H,2,5-6H2,1H3,(H,13,14)(H2,10,11,12,15)/b4-3+. The smallest absolute Gasteiger partial charge is 0.328 e. The fourth-order valence-corrected chi connectivity index (χ4v) is 1.51. The molecule has 102 valence electrons. The second-order valence-corrected chi connectivity index (χ2v) is 5.63. The van der Waals surface area contributed by atoms with E-state index in [1.165, 1.54) is 6.92 Å².